The number of esters is 1. The molecule has 0 bridgehead atoms. The minimum absolute atomic E-state index is 0.0109. The largest absolute Gasteiger partial charge is 0.461 e. The van der Waals surface area contributed by atoms with Crippen LogP contribution in [0.25, 0.3) is 0 Å². The number of nitrogens with zero attached hydrogens (tertiary/aromatic N) is 1. The Labute approximate surface area is 200 Å². The highest BCUT2D eigenvalue weighted by molar-refractivity contribution is 5.94. The zero-order valence-corrected chi connectivity index (χ0v) is 20.8. The van der Waals surface area contributed by atoms with Crippen LogP contribution in [0.2, 0.25) is 0 Å². The SMILES string of the molecule is CCC(C)OC(=O)C(N)[C@@H](O)[C@H](CC(C)C)C(=O)[C@H](Cc1cnc[nH]1)NC(=O)[C@@H](C)NC(C)=O. The minimum atomic E-state index is -1.51. The summed E-state index contributed by atoms with van der Waals surface area (Å²) in [5, 5.41) is 16.1. The maximum atomic E-state index is 13.6. The normalized spacial score (nSPS) is 16.6. The Morgan fingerprint density at radius 2 is 1.82 bits per heavy atom. The number of H-pyrrole nitrogens is 1. The van der Waals surface area contributed by atoms with Crippen molar-refractivity contribution in [1.29, 1.82) is 0 Å². The fourth-order valence-electron chi connectivity index (χ4n) is 3.45. The summed E-state index contributed by atoms with van der Waals surface area (Å²) in [6, 6.07) is -3.36. The second kappa shape index (κ2) is 13.8. The number of rotatable bonds is 14. The monoisotopic (exact) mass is 481 g/mol. The van der Waals surface area contributed by atoms with Crippen LogP contribution in [0.3, 0.4) is 0 Å². The van der Waals surface area contributed by atoms with Gasteiger partial charge in [-0.25, -0.2) is 4.98 Å². The third-order valence-corrected chi connectivity index (χ3v) is 5.49. The molecule has 0 saturated heterocycles. The van der Waals surface area contributed by atoms with Gasteiger partial charge < -0.3 is 31.2 Å². The number of imidazole rings is 1. The Balaban J connectivity index is 3.18. The molecule has 0 spiro atoms. The van der Waals surface area contributed by atoms with E-state index in [4.69, 9.17) is 10.5 Å². The van der Waals surface area contributed by atoms with Crippen molar-refractivity contribution < 1.29 is 29.0 Å². The number of aromatic nitrogens is 2. The van der Waals surface area contributed by atoms with Crippen molar-refractivity contribution in [1.82, 2.24) is 20.6 Å². The zero-order valence-electron chi connectivity index (χ0n) is 20.8. The van der Waals surface area contributed by atoms with Crippen LogP contribution < -0.4 is 16.4 Å². The average molecular weight is 482 g/mol. The molecule has 1 heterocycles. The van der Waals surface area contributed by atoms with Gasteiger partial charge in [-0.3, -0.25) is 19.2 Å². The molecule has 2 amide bonds. The number of aliphatic hydroxyl groups excluding tert-OH is 1. The van der Waals surface area contributed by atoms with Crippen molar-refractivity contribution in [3.05, 3.63) is 18.2 Å². The van der Waals surface area contributed by atoms with Gasteiger partial charge in [0.15, 0.2) is 5.78 Å². The van der Waals surface area contributed by atoms with Gasteiger partial charge in [-0.15, -0.1) is 0 Å². The Morgan fingerprint density at radius 3 is 2.32 bits per heavy atom. The Hall–Kier alpha value is -2.79. The molecule has 11 nitrogen and oxygen atoms in total. The number of nitrogens with one attached hydrogen (secondary N) is 3. The van der Waals surface area contributed by atoms with E-state index in [2.05, 4.69) is 20.6 Å². The molecule has 0 saturated carbocycles. The maximum Gasteiger partial charge on any atom is 0.325 e. The standard InChI is InChI=1S/C23H39N5O6/c1-7-13(4)34-23(33)19(24)21(31)17(8-12(2)3)20(30)18(9-16-10-25-11-26-16)28-22(32)14(5)27-15(6)29/h10-14,17-19,21,31H,7-9,24H2,1-6H3,(H,25,26)(H,27,29)(H,28,32)/t13?,14-,17-,18+,19?,21+/m1/s1. The predicted molar refractivity (Wildman–Crippen MR) is 125 cm³/mol. The molecule has 34 heavy (non-hydrogen) atoms. The molecule has 6 N–H and O–H groups in total. The molecule has 6 atom stereocenters. The van der Waals surface area contributed by atoms with Crippen LogP contribution in [0.4, 0.5) is 0 Å². The van der Waals surface area contributed by atoms with Gasteiger partial charge in [-0.05, 0) is 32.6 Å². The van der Waals surface area contributed by atoms with Gasteiger partial charge in [-0.2, -0.15) is 0 Å². The molecule has 11 heteroatoms. The van der Waals surface area contributed by atoms with Crippen molar-refractivity contribution in [2.45, 2.75) is 91.1 Å². The first kappa shape index (κ1) is 29.2. The predicted octanol–water partition coefficient (Wildman–Crippen LogP) is 0.223. The van der Waals surface area contributed by atoms with Crippen molar-refractivity contribution in [3.63, 3.8) is 0 Å². The molecular weight excluding hydrogens is 442 g/mol. The van der Waals surface area contributed by atoms with Crippen LogP contribution in [0, 0.1) is 11.8 Å². The third-order valence-electron chi connectivity index (χ3n) is 5.49. The second-order valence-electron chi connectivity index (χ2n) is 9.07. The maximum absolute atomic E-state index is 13.6. The van der Waals surface area contributed by atoms with Crippen LogP contribution in [0.1, 0.15) is 60.1 Å². The summed E-state index contributed by atoms with van der Waals surface area (Å²) in [7, 11) is 0. The van der Waals surface area contributed by atoms with Gasteiger partial charge in [0.25, 0.3) is 0 Å². The van der Waals surface area contributed by atoms with Crippen LogP contribution in [0.5, 0.6) is 0 Å². The van der Waals surface area contributed by atoms with Gasteiger partial charge >= 0.3 is 5.97 Å². The fourth-order valence-corrected chi connectivity index (χ4v) is 3.45. The lowest BCUT2D eigenvalue weighted by Gasteiger charge is -2.31. The number of amides is 2. The first-order valence-corrected chi connectivity index (χ1v) is 11.6. The molecule has 0 fully saturated rings. The highest BCUT2D eigenvalue weighted by Gasteiger charge is 2.39. The summed E-state index contributed by atoms with van der Waals surface area (Å²) in [5.41, 5.74) is 6.58. The van der Waals surface area contributed by atoms with Crippen molar-refractivity contribution in [2.75, 3.05) is 0 Å². The molecule has 0 radical (unpaired) electrons. The molecule has 0 aliphatic heterocycles. The van der Waals surface area contributed by atoms with Crippen LogP contribution in [0.15, 0.2) is 12.5 Å². The number of aromatic amines is 1. The molecule has 0 aromatic carbocycles. The van der Waals surface area contributed by atoms with E-state index in [0.717, 1.165) is 0 Å². The summed E-state index contributed by atoms with van der Waals surface area (Å²) < 4.78 is 5.24. The summed E-state index contributed by atoms with van der Waals surface area (Å²) in [6.07, 6.45) is 1.96. The number of ether oxygens (including phenoxy) is 1. The van der Waals surface area contributed by atoms with Gasteiger partial charge in [0, 0.05) is 31.2 Å². The molecule has 192 valence electrons. The number of Topliss-reactive ketones (excluding diaryl/α,β-unsaturated/α-hetero) is 1. The summed E-state index contributed by atoms with van der Waals surface area (Å²) >= 11 is 0. The number of ketones is 1. The summed E-state index contributed by atoms with van der Waals surface area (Å²) in [5.74, 6) is -3.28. The molecule has 0 aliphatic carbocycles. The lowest BCUT2D eigenvalue weighted by Crippen LogP contribution is -2.56. The number of hydrogen-bond donors (Lipinski definition) is 5. The Kier molecular flexibility index (Phi) is 11.9. The first-order chi connectivity index (χ1) is 15.9. The van der Waals surface area contributed by atoms with Gasteiger partial charge in [0.05, 0.1) is 24.6 Å². The van der Waals surface area contributed by atoms with Gasteiger partial charge in [0.2, 0.25) is 11.8 Å². The molecule has 0 aliphatic rings. The number of aliphatic hydroxyl groups is 1. The van der Waals surface area contributed by atoms with E-state index in [1.54, 1.807) is 6.92 Å². The minimum Gasteiger partial charge on any atom is -0.461 e. The van der Waals surface area contributed by atoms with Crippen molar-refractivity contribution in [2.24, 2.45) is 17.6 Å². The highest BCUT2D eigenvalue weighted by atomic mass is 16.5. The van der Waals surface area contributed by atoms with E-state index in [9.17, 15) is 24.3 Å². The lowest BCUT2D eigenvalue weighted by atomic mass is 9.82. The molecule has 1 aromatic heterocycles. The quantitative estimate of drug-likeness (QED) is 0.234. The first-order valence-electron chi connectivity index (χ1n) is 11.6. The van der Waals surface area contributed by atoms with Crippen LogP contribution in [-0.4, -0.2) is 69.0 Å². The number of nitrogens with two attached hydrogens (primary N) is 1. The Morgan fingerprint density at radius 1 is 1.18 bits per heavy atom. The summed E-state index contributed by atoms with van der Waals surface area (Å²) in [6.45, 7) is 10.1. The Bertz CT molecular complexity index is 813. The topological polar surface area (TPSA) is 176 Å². The van der Waals surface area contributed by atoms with E-state index in [1.165, 1.54) is 26.4 Å². The number of carbonyl (C=O) groups excluding carboxylic acids is 4. The van der Waals surface area contributed by atoms with E-state index in [-0.39, 0.29) is 24.9 Å². The van der Waals surface area contributed by atoms with Crippen LogP contribution in [-0.2, 0) is 30.3 Å². The average Bonchev–Trinajstić information content (AvgIpc) is 3.27. The van der Waals surface area contributed by atoms with Crippen LogP contribution >= 0.6 is 0 Å². The van der Waals surface area contributed by atoms with E-state index >= 15 is 0 Å². The zero-order chi connectivity index (χ0) is 26.0. The van der Waals surface area contributed by atoms with E-state index in [1.807, 2.05) is 20.8 Å². The van der Waals surface area contributed by atoms with Crippen molar-refractivity contribution in [3.8, 4) is 0 Å². The molecule has 1 rings (SSSR count). The second-order valence-corrected chi connectivity index (χ2v) is 9.07. The molecule has 2 unspecified atom stereocenters. The smallest absolute Gasteiger partial charge is 0.325 e. The van der Waals surface area contributed by atoms with Crippen molar-refractivity contribution >= 4 is 23.6 Å². The third kappa shape index (κ3) is 9.22. The number of carbonyl (C=O) groups is 4. The number of hydrogen-bond acceptors (Lipinski definition) is 8. The summed E-state index contributed by atoms with van der Waals surface area (Å²) in [4.78, 5) is 56.9. The fraction of sp³-hybridized carbons (Fsp3) is 0.696. The van der Waals surface area contributed by atoms with E-state index in [0.29, 0.717) is 12.1 Å². The molecular formula is C23H39N5O6. The lowest BCUT2D eigenvalue weighted by molar-refractivity contribution is -0.154. The highest BCUT2D eigenvalue weighted by Crippen LogP contribution is 2.22. The van der Waals surface area contributed by atoms with Gasteiger partial charge in [-0.1, -0.05) is 20.8 Å². The van der Waals surface area contributed by atoms with Gasteiger partial charge in [0.1, 0.15) is 12.1 Å². The van der Waals surface area contributed by atoms with E-state index < -0.39 is 53.7 Å². The molecule has 1 aromatic rings.